The molecule has 0 saturated carbocycles. The minimum Gasteiger partial charge on any atom is -0.468 e. The van der Waals surface area contributed by atoms with Gasteiger partial charge >= 0.3 is 11.9 Å². The summed E-state index contributed by atoms with van der Waals surface area (Å²) in [5.74, 6) is -1.66. The second-order valence-electron chi connectivity index (χ2n) is 4.66. The third kappa shape index (κ3) is 3.69. The molecule has 0 aromatic rings. The number of nitrogens with zero attached hydrogens (tertiary/aromatic N) is 1. The monoisotopic (exact) mass is 307 g/mol. The molecule has 0 radical (unpaired) electrons. The normalized spacial score (nSPS) is 22.1. The summed E-state index contributed by atoms with van der Waals surface area (Å²) in [5, 5.41) is -1.27. The third-order valence-electron chi connectivity index (χ3n) is 3.34. The van der Waals surface area contributed by atoms with Gasteiger partial charge in [-0.05, 0) is 26.7 Å². The van der Waals surface area contributed by atoms with Gasteiger partial charge in [0.25, 0.3) is 0 Å². The third-order valence-corrected chi connectivity index (χ3v) is 5.48. The number of ether oxygens (including phenoxy) is 2. The van der Waals surface area contributed by atoms with Crippen LogP contribution in [-0.4, -0.2) is 56.7 Å². The summed E-state index contributed by atoms with van der Waals surface area (Å²) >= 11 is 0. The molecule has 1 rings (SSSR count). The molecule has 1 saturated heterocycles. The van der Waals surface area contributed by atoms with Crippen molar-refractivity contribution >= 4 is 22.0 Å². The smallest absolute Gasteiger partial charge is 0.325 e. The molecule has 8 heteroatoms. The first-order valence-electron chi connectivity index (χ1n) is 6.58. The molecule has 0 aliphatic carbocycles. The Hall–Kier alpha value is -1.15. The van der Waals surface area contributed by atoms with Crippen LogP contribution in [0.15, 0.2) is 0 Å². The number of carbonyl (C=O) groups is 2. The minimum atomic E-state index is -3.80. The minimum absolute atomic E-state index is 0.0580. The average Bonchev–Trinajstić information content (AvgIpc) is 2.45. The Morgan fingerprint density at radius 3 is 2.60 bits per heavy atom. The Labute approximate surface area is 119 Å². The summed E-state index contributed by atoms with van der Waals surface area (Å²) in [7, 11) is -2.66. The van der Waals surface area contributed by atoms with Gasteiger partial charge in [0.15, 0.2) is 5.25 Å². The van der Waals surface area contributed by atoms with E-state index < -0.39 is 33.1 Å². The van der Waals surface area contributed by atoms with Crippen LogP contribution >= 0.6 is 0 Å². The summed E-state index contributed by atoms with van der Waals surface area (Å²) in [5.41, 5.74) is 0. The van der Waals surface area contributed by atoms with Crippen molar-refractivity contribution in [1.29, 1.82) is 0 Å². The van der Waals surface area contributed by atoms with E-state index >= 15 is 0 Å². The lowest BCUT2D eigenvalue weighted by molar-refractivity contribution is -0.149. The topological polar surface area (TPSA) is 90.0 Å². The molecule has 0 amide bonds. The van der Waals surface area contributed by atoms with Gasteiger partial charge in [0.1, 0.15) is 0 Å². The van der Waals surface area contributed by atoms with Crippen molar-refractivity contribution in [3.05, 3.63) is 0 Å². The lowest BCUT2D eigenvalue weighted by atomic mass is 10.0. The van der Waals surface area contributed by atoms with E-state index in [1.807, 2.05) is 0 Å². The molecule has 0 spiro atoms. The second kappa shape index (κ2) is 7.03. The van der Waals surface area contributed by atoms with Crippen LogP contribution in [-0.2, 0) is 29.1 Å². The first-order valence-corrected chi connectivity index (χ1v) is 8.08. The molecule has 2 atom stereocenters. The summed E-state index contributed by atoms with van der Waals surface area (Å²) in [6, 6.07) is 0. The largest absolute Gasteiger partial charge is 0.468 e. The predicted molar refractivity (Wildman–Crippen MR) is 71.3 cm³/mol. The van der Waals surface area contributed by atoms with E-state index in [0.717, 1.165) is 7.11 Å². The molecule has 1 fully saturated rings. The highest BCUT2D eigenvalue weighted by atomic mass is 32.2. The highest BCUT2D eigenvalue weighted by Gasteiger charge is 2.39. The fraction of sp³-hybridized carbons (Fsp3) is 0.833. The number of rotatable bonds is 5. The van der Waals surface area contributed by atoms with E-state index in [9.17, 15) is 18.0 Å². The van der Waals surface area contributed by atoms with Gasteiger partial charge in [-0.15, -0.1) is 0 Å². The van der Waals surface area contributed by atoms with Crippen LogP contribution in [0.2, 0.25) is 0 Å². The lowest BCUT2D eigenvalue weighted by Crippen LogP contribution is -2.47. The molecule has 116 valence electrons. The Balaban J connectivity index is 2.80. The standard InChI is InChI=1S/C12H21NO6S/c1-4-19-12(15)10-6-5-7-13(8-10)20(16,17)9(2)11(14)18-3/h9-10H,4-8H2,1-3H3/t9?,10-/m1/s1. The summed E-state index contributed by atoms with van der Waals surface area (Å²) in [6.45, 7) is 3.62. The van der Waals surface area contributed by atoms with Gasteiger partial charge in [-0.25, -0.2) is 12.7 Å². The van der Waals surface area contributed by atoms with E-state index in [0.29, 0.717) is 19.4 Å². The fourth-order valence-corrected chi connectivity index (χ4v) is 3.70. The van der Waals surface area contributed by atoms with E-state index in [-0.39, 0.29) is 13.2 Å². The van der Waals surface area contributed by atoms with Crippen molar-refractivity contribution in [3.63, 3.8) is 0 Å². The summed E-state index contributed by atoms with van der Waals surface area (Å²) in [6.07, 6.45) is 1.16. The molecular formula is C12H21NO6S. The zero-order valence-electron chi connectivity index (χ0n) is 12.0. The van der Waals surface area contributed by atoms with Crippen molar-refractivity contribution in [2.45, 2.75) is 31.9 Å². The number of carbonyl (C=O) groups excluding carboxylic acids is 2. The quantitative estimate of drug-likeness (QED) is 0.672. The highest BCUT2D eigenvalue weighted by molar-refractivity contribution is 7.90. The molecule has 20 heavy (non-hydrogen) atoms. The van der Waals surface area contributed by atoms with Gasteiger partial charge < -0.3 is 9.47 Å². The first kappa shape index (κ1) is 16.9. The van der Waals surface area contributed by atoms with E-state index in [1.54, 1.807) is 6.92 Å². The number of hydrogen-bond donors (Lipinski definition) is 0. The molecule has 0 N–H and O–H groups in total. The Bertz CT molecular complexity index is 461. The molecule has 7 nitrogen and oxygen atoms in total. The van der Waals surface area contributed by atoms with Crippen molar-refractivity contribution in [1.82, 2.24) is 4.31 Å². The van der Waals surface area contributed by atoms with Crippen molar-refractivity contribution < 1.29 is 27.5 Å². The van der Waals surface area contributed by atoms with E-state index in [4.69, 9.17) is 4.74 Å². The molecular weight excluding hydrogens is 286 g/mol. The molecule has 0 aromatic carbocycles. The van der Waals surface area contributed by atoms with Crippen molar-refractivity contribution in [2.24, 2.45) is 5.92 Å². The van der Waals surface area contributed by atoms with E-state index in [1.165, 1.54) is 11.2 Å². The maximum Gasteiger partial charge on any atom is 0.325 e. The van der Waals surface area contributed by atoms with Crippen LogP contribution in [0.1, 0.15) is 26.7 Å². The zero-order valence-corrected chi connectivity index (χ0v) is 12.8. The molecule has 1 aliphatic rings. The Morgan fingerprint density at radius 1 is 1.40 bits per heavy atom. The molecule has 0 aromatic heterocycles. The van der Waals surface area contributed by atoms with Gasteiger partial charge in [0, 0.05) is 13.1 Å². The van der Waals surface area contributed by atoms with Gasteiger partial charge in [-0.1, -0.05) is 0 Å². The lowest BCUT2D eigenvalue weighted by Gasteiger charge is -2.31. The van der Waals surface area contributed by atoms with Crippen LogP contribution in [0.5, 0.6) is 0 Å². The maximum absolute atomic E-state index is 12.3. The highest BCUT2D eigenvalue weighted by Crippen LogP contribution is 2.22. The average molecular weight is 307 g/mol. The van der Waals surface area contributed by atoms with Crippen LogP contribution < -0.4 is 0 Å². The first-order chi connectivity index (χ1) is 9.34. The number of sulfonamides is 1. The van der Waals surface area contributed by atoms with Crippen LogP contribution in [0.4, 0.5) is 0 Å². The van der Waals surface area contributed by atoms with Gasteiger partial charge in [0.2, 0.25) is 10.0 Å². The Morgan fingerprint density at radius 2 is 2.05 bits per heavy atom. The molecule has 1 unspecified atom stereocenters. The number of piperidine rings is 1. The maximum atomic E-state index is 12.3. The number of methoxy groups -OCH3 is 1. The van der Waals surface area contributed by atoms with Gasteiger partial charge in [-0.2, -0.15) is 0 Å². The zero-order chi connectivity index (χ0) is 15.3. The number of hydrogen-bond acceptors (Lipinski definition) is 6. The van der Waals surface area contributed by atoms with E-state index in [2.05, 4.69) is 4.74 Å². The van der Waals surface area contributed by atoms with Gasteiger partial charge in [0.05, 0.1) is 19.6 Å². The molecule has 1 heterocycles. The van der Waals surface area contributed by atoms with Crippen molar-refractivity contribution in [3.8, 4) is 0 Å². The summed E-state index contributed by atoms with van der Waals surface area (Å²) in [4.78, 5) is 23.1. The van der Waals surface area contributed by atoms with Crippen LogP contribution in [0.25, 0.3) is 0 Å². The SMILES string of the molecule is CCOC(=O)[C@@H]1CCCN(S(=O)(=O)C(C)C(=O)OC)C1. The second-order valence-corrected chi connectivity index (χ2v) is 6.91. The van der Waals surface area contributed by atoms with Crippen molar-refractivity contribution in [2.75, 3.05) is 26.8 Å². The molecule has 1 aliphatic heterocycles. The molecule has 0 bridgehead atoms. The predicted octanol–water partition coefficient (Wildman–Crippen LogP) is 0.153. The number of esters is 2. The Kier molecular flexibility index (Phi) is 5.94. The summed E-state index contributed by atoms with van der Waals surface area (Å²) < 4.78 is 35.1. The van der Waals surface area contributed by atoms with Crippen LogP contribution in [0.3, 0.4) is 0 Å². The fourth-order valence-electron chi connectivity index (χ4n) is 2.14. The van der Waals surface area contributed by atoms with Crippen LogP contribution in [0, 0.1) is 5.92 Å². The van der Waals surface area contributed by atoms with Gasteiger partial charge in [-0.3, -0.25) is 9.59 Å².